The van der Waals surface area contributed by atoms with Crippen LogP contribution in [0.2, 0.25) is 0 Å². The third-order valence-electron chi connectivity index (χ3n) is 7.63. The molecule has 0 aliphatic rings. The van der Waals surface area contributed by atoms with Crippen LogP contribution in [0.5, 0.6) is 0 Å². The van der Waals surface area contributed by atoms with Crippen LogP contribution in [0.25, 0.3) is 35.4 Å². The Hall–Kier alpha value is -3.45. The fourth-order valence-electron chi connectivity index (χ4n) is 5.45. The van der Waals surface area contributed by atoms with Crippen LogP contribution in [0.1, 0.15) is 63.8 Å². The molecule has 0 amide bonds. The van der Waals surface area contributed by atoms with Crippen molar-refractivity contribution in [2.24, 2.45) is 0 Å². The summed E-state index contributed by atoms with van der Waals surface area (Å²) in [7, 11) is -5.80. The minimum Gasteiger partial charge on any atom is -0.370 e. The van der Waals surface area contributed by atoms with Crippen molar-refractivity contribution in [2.45, 2.75) is 41.5 Å². The summed E-state index contributed by atoms with van der Waals surface area (Å²) in [5.41, 5.74) is 6.84. The first kappa shape index (κ1) is 37.4. The van der Waals surface area contributed by atoms with Crippen molar-refractivity contribution in [3.63, 3.8) is 0 Å². The molecular weight excluding hydrogens is 633 g/mol. The Balaban J connectivity index is 1.38. The van der Waals surface area contributed by atoms with E-state index in [1.807, 2.05) is 41.5 Å². The zero-order valence-electron chi connectivity index (χ0n) is 29.2. The molecule has 8 heteroatoms. The summed E-state index contributed by atoms with van der Waals surface area (Å²) >= 11 is 0. The Labute approximate surface area is 289 Å². The molecule has 0 radical (unpaired) electrons. The minimum absolute atomic E-state index is 0.545. The minimum atomic E-state index is -2.90. The van der Waals surface area contributed by atoms with E-state index < -0.39 is 17.6 Å². The van der Waals surface area contributed by atoms with Crippen molar-refractivity contribution < 1.29 is 26.6 Å². The average molecular weight is 683 g/mol. The second-order valence-electron chi connectivity index (χ2n) is 10.9. The average Bonchev–Trinajstić information content (AvgIpc) is 3.11. The highest BCUT2D eigenvalue weighted by Crippen LogP contribution is 2.22. The molecule has 48 heavy (non-hydrogen) atoms. The lowest BCUT2D eigenvalue weighted by Crippen LogP contribution is -2.56. The van der Waals surface area contributed by atoms with Gasteiger partial charge in [-0.2, -0.15) is 0 Å². The Morgan fingerprint density at radius 2 is 0.542 bits per heavy atom. The van der Waals surface area contributed by atoms with E-state index in [2.05, 4.69) is 121 Å². The van der Waals surface area contributed by atoms with Gasteiger partial charge in [-0.25, -0.2) is 0 Å². The molecule has 0 saturated carbocycles. The first-order chi connectivity index (χ1) is 23.4. The van der Waals surface area contributed by atoms with Crippen LogP contribution in [0.15, 0.2) is 97.1 Å². The second kappa shape index (κ2) is 18.9. The standard InChI is InChI=1S/C40H50O6Si2/c1-7-41-47(42-8-2,43-9-3)39-29-21-35(22-30-39)15-13-33-17-25-37(26-18-33)38-27-19-34(20-28-38)14-16-36-23-31-40(32-24-36)48(44-10-4,45-11-5)46-12-6/h13-32H,7-12H2,1-6H3/b15-13+,16-14+. The molecule has 0 atom stereocenters. The van der Waals surface area contributed by atoms with E-state index in [1.54, 1.807) is 0 Å². The van der Waals surface area contributed by atoms with Crippen molar-refractivity contribution in [3.05, 3.63) is 119 Å². The first-order valence-corrected chi connectivity index (χ1v) is 20.5. The maximum atomic E-state index is 6.05. The van der Waals surface area contributed by atoms with E-state index in [1.165, 1.54) is 11.1 Å². The van der Waals surface area contributed by atoms with E-state index in [0.29, 0.717) is 39.6 Å². The molecule has 4 aromatic carbocycles. The molecular formula is C40H50O6Si2. The highest BCUT2D eigenvalue weighted by atomic mass is 28.4. The summed E-state index contributed by atoms with van der Waals surface area (Å²) in [6, 6.07) is 33.8. The Kier molecular flexibility index (Phi) is 14.7. The van der Waals surface area contributed by atoms with Gasteiger partial charge in [0.15, 0.2) is 0 Å². The third kappa shape index (κ3) is 9.81. The molecule has 0 aromatic heterocycles. The number of rotatable bonds is 19. The number of hydrogen-bond donors (Lipinski definition) is 0. The Bertz CT molecular complexity index is 1410. The van der Waals surface area contributed by atoms with E-state index in [0.717, 1.165) is 32.6 Å². The summed E-state index contributed by atoms with van der Waals surface area (Å²) in [5, 5.41) is 1.97. The number of hydrogen-bond acceptors (Lipinski definition) is 6. The van der Waals surface area contributed by atoms with Gasteiger partial charge in [0.05, 0.1) is 0 Å². The molecule has 0 bridgehead atoms. The molecule has 0 spiro atoms. The molecule has 0 unspecified atom stereocenters. The van der Waals surface area contributed by atoms with Crippen LogP contribution < -0.4 is 10.4 Å². The Morgan fingerprint density at radius 1 is 0.333 bits per heavy atom. The Morgan fingerprint density at radius 3 is 0.750 bits per heavy atom. The van der Waals surface area contributed by atoms with Crippen molar-refractivity contribution in [3.8, 4) is 11.1 Å². The number of benzene rings is 4. The summed E-state index contributed by atoms with van der Waals surface area (Å²) in [6.07, 6.45) is 8.50. The lowest BCUT2D eigenvalue weighted by molar-refractivity contribution is 0.0851. The molecule has 254 valence electrons. The van der Waals surface area contributed by atoms with Gasteiger partial charge < -0.3 is 26.6 Å². The maximum Gasteiger partial charge on any atom is 0.537 e. The van der Waals surface area contributed by atoms with Gasteiger partial charge >= 0.3 is 17.6 Å². The second-order valence-corrected chi connectivity index (χ2v) is 16.0. The maximum absolute atomic E-state index is 6.05. The predicted molar refractivity (Wildman–Crippen MR) is 203 cm³/mol. The topological polar surface area (TPSA) is 55.4 Å². The van der Waals surface area contributed by atoms with Crippen LogP contribution in [0.3, 0.4) is 0 Å². The van der Waals surface area contributed by atoms with E-state index in [4.69, 9.17) is 26.6 Å². The molecule has 0 aliphatic heterocycles. The highest BCUT2D eigenvalue weighted by Gasteiger charge is 2.44. The van der Waals surface area contributed by atoms with Crippen LogP contribution in [-0.2, 0) is 26.6 Å². The first-order valence-electron chi connectivity index (χ1n) is 17.1. The third-order valence-corrected chi connectivity index (χ3v) is 13.7. The van der Waals surface area contributed by atoms with E-state index in [-0.39, 0.29) is 0 Å². The quantitative estimate of drug-likeness (QED) is 0.0735. The molecule has 0 fully saturated rings. The van der Waals surface area contributed by atoms with Gasteiger partial charge in [-0.1, -0.05) is 121 Å². The smallest absolute Gasteiger partial charge is 0.370 e. The van der Waals surface area contributed by atoms with Crippen molar-refractivity contribution in [2.75, 3.05) is 39.6 Å². The van der Waals surface area contributed by atoms with E-state index in [9.17, 15) is 0 Å². The van der Waals surface area contributed by atoms with Crippen LogP contribution in [0.4, 0.5) is 0 Å². The molecule has 6 nitrogen and oxygen atoms in total. The lowest BCUT2D eigenvalue weighted by Gasteiger charge is -2.28. The molecule has 4 rings (SSSR count). The zero-order chi connectivity index (χ0) is 34.2. The molecule has 0 N–H and O–H groups in total. The molecule has 0 aliphatic carbocycles. The zero-order valence-corrected chi connectivity index (χ0v) is 31.2. The van der Waals surface area contributed by atoms with Crippen LogP contribution in [0, 0.1) is 0 Å². The molecule has 4 aromatic rings. The normalized spacial score (nSPS) is 12.4. The van der Waals surface area contributed by atoms with Gasteiger partial charge in [0, 0.05) is 50.0 Å². The molecule has 0 heterocycles. The SMILES string of the molecule is CCO[Si](OCC)(OCC)c1ccc(/C=C/c2ccc(-c3ccc(/C=C/c4ccc([Si](OCC)(OCC)OCC)cc4)cc3)cc2)cc1. The highest BCUT2D eigenvalue weighted by molar-refractivity contribution is 6.75. The van der Waals surface area contributed by atoms with Gasteiger partial charge in [-0.3, -0.25) is 0 Å². The van der Waals surface area contributed by atoms with E-state index >= 15 is 0 Å². The largest absolute Gasteiger partial charge is 0.537 e. The monoisotopic (exact) mass is 682 g/mol. The lowest BCUT2D eigenvalue weighted by atomic mass is 10.0. The van der Waals surface area contributed by atoms with Gasteiger partial charge in [0.1, 0.15) is 0 Å². The van der Waals surface area contributed by atoms with Crippen molar-refractivity contribution in [1.82, 2.24) is 0 Å². The van der Waals surface area contributed by atoms with Gasteiger partial charge in [-0.15, -0.1) is 0 Å². The van der Waals surface area contributed by atoms with Crippen LogP contribution in [-0.4, -0.2) is 57.3 Å². The van der Waals surface area contributed by atoms with Gasteiger partial charge in [0.2, 0.25) is 0 Å². The fraction of sp³-hybridized carbons (Fsp3) is 0.300. The van der Waals surface area contributed by atoms with Gasteiger partial charge in [-0.05, 0) is 74.9 Å². The predicted octanol–water partition coefficient (Wildman–Crippen LogP) is 8.21. The summed E-state index contributed by atoms with van der Waals surface area (Å²) in [6.45, 7) is 15.1. The summed E-state index contributed by atoms with van der Waals surface area (Å²) < 4.78 is 36.3. The van der Waals surface area contributed by atoms with Crippen molar-refractivity contribution in [1.29, 1.82) is 0 Å². The van der Waals surface area contributed by atoms with Crippen LogP contribution >= 0.6 is 0 Å². The van der Waals surface area contributed by atoms with Crippen molar-refractivity contribution >= 4 is 52.3 Å². The molecule has 0 saturated heterocycles. The summed E-state index contributed by atoms with van der Waals surface area (Å²) in [4.78, 5) is 0. The fourth-order valence-corrected chi connectivity index (χ4v) is 10.4. The van der Waals surface area contributed by atoms with Gasteiger partial charge in [0.25, 0.3) is 0 Å². The summed E-state index contributed by atoms with van der Waals surface area (Å²) in [5.74, 6) is 0.